The van der Waals surface area contributed by atoms with Crippen LogP contribution in [0, 0.1) is 10.1 Å². The van der Waals surface area contributed by atoms with Gasteiger partial charge in [0.05, 0.1) is 31.3 Å². The maximum Gasteiger partial charge on any atom is 0.315 e. The lowest BCUT2D eigenvalue weighted by molar-refractivity contribution is -0.386. The molecule has 9 heteroatoms. The molecule has 3 N–H and O–H groups in total. The van der Waals surface area contributed by atoms with Crippen molar-refractivity contribution in [1.82, 2.24) is 5.43 Å². The first kappa shape index (κ1) is 22.7. The van der Waals surface area contributed by atoms with Crippen molar-refractivity contribution in [1.29, 1.82) is 0 Å². The number of carbonyl (C=O) groups excluding carboxylic acids is 1. The zero-order valence-corrected chi connectivity index (χ0v) is 17.1. The van der Waals surface area contributed by atoms with Crippen molar-refractivity contribution in [3.05, 3.63) is 57.6 Å². The molecule has 0 spiro atoms. The molecule has 9 nitrogen and oxygen atoms in total. The Morgan fingerprint density at radius 1 is 1.27 bits per heavy atom. The van der Waals surface area contributed by atoms with Gasteiger partial charge < -0.3 is 15.2 Å². The van der Waals surface area contributed by atoms with Crippen molar-refractivity contribution in [2.75, 3.05) is 19.5 Å². The molecular weight excluding hydrogens is 388 g/mol. The molecule has 0 radical (unpaired) electrons. The highest BCUT2D eigenvalue weighted by Gasteiger charge is 2.22. The van der Waals surface area contributed by atoms with Gasteiger partial charge in [0, 0.05) is 17.3 Å². The fraction of sp³-hybridized carbons (Fsp3) is 0.333. The molecule has 2 rings (SSSR count). The zero-order valence-electron chi connectivity index (χ0n) is 17.1. The summed E-state index contributed by atoms with van der Waals surface area (Å²) in [4.78, 5) is 23.0. The fourth-order valence-electron chi connectivity index (χ4n) is 2.68. The normalized spacial score (nSPS) is 10.7. The molecule has 0 heterocycles. The summed E-state index contributed by atoms with van der Waals surface area (Å²) in [5.41, 5.74) is 9.60. The Balaban J connectivity index is 2.08. The minimum Gasteiger partial charge on any atom is -0.493 e. The number of rotatable bonds is 11. The van der Waals surface area contributed by atoms with Gasteiger partial charge in [-0.1, -0.05) is 31.9 Å². The molecule has 2 aromatic rings. The Morgan fingerprint density at radius 2 is 2.00 bits per heavy atom. The number of nitro benzene ring substituents is 1. The van der Waals surface area contributed by atoms with Gasteiger partial charge in [-0.05, 0) is 30.2 Å². The molecule has 2 aromatic carbocycles. The number of amides is 1. The number of nitrogen functional groups attached to an aromatic ring is 1. The van der Waals surface area contributed by atoms with Gasteiger partial charge >= 0.3 is 5.69 Å². The molecule has 160 valence electrons. The number of benzene rings is 2. The largest absolute Gasteiger partial charge is 0.493 e. The summed E-state index contributed by atoms with van der Waals surface area (Å²) in [6.45, 7) is 2.42. The van der Waals surface area contributed by atoms with Crippen LogP contribution in [0.1, 0.15) is 37.3 Å². The molecule has 0 aromatic heterocycles. The fourth-order valence-corrected chi connectivity index (χ4v) is 2.68. The van der Waals surface area contributed by atoms with Crippen molar-refractivity contribution < 1.29 is 19.2 Å². The number of nitrogens with zero attached hydrogens (tertiary/aromatic N) is 2. The van der Waals surface area contributed by atoms with E-state index in [4.69, 9.17) is 15.2 Å². The maximum atomic E-state index is 12.0. The second-order valence-electron chi connectivity index (χ2n) is 6.60. The van der Waals surface area contributed by atoms with Gasteiger partial charge in [0.1, 0.15) is 0 Å². The van der Waals surface area contributed by atoms with Crippen LogP contribution >= 0.6 is 0 Å². The number of nitrogens with two attached hydrogens (primary N) is 1. The van der Waals surface area contributed by atoms with Gasteiger partial charge in [0.25, 0.3) is 0 Å². The molecule has 0 aliphatic heterocycles. The Bertz CT molecular complexity index is 897. The molecule has 0 bridgehead atoms. The van der Waals surface area contributed by atoms with Crippen LogP contribution in [0.3, 0.4) is 0 Å². The lowest BCUT2D eigenvalue weighted by atomic mass is 10.1. The molecule has 0 saturated carbocycles. The van der Waals surface area contributed by atoms with Gasteiger partial charge in [-0.15, -0.1) is 0 Å². The van der Waals surface area contributed by atoms with E-state index in [1.54, 1.807) is 30.3 Å². The van der Waals surface area contributed by atoms with Crippen molar-refractivity contribution in [3.63, 3.8) is 0 Å². The standard InChI is InChI=1S/C21H26N4O5/c1-3-4-5-10-30-21-18(25(27)28)11-16(12-19(21)29-2)14-23-24-20(26)13-15-6-8-17(22)9-7-15/h6-9,11-12,14H,3-5,10,13,22H2,1-2H3,(H,24,26)/b23-14-. The average Bonchev–Trinajstić information content (AvgIpc) is 2.73. The van der Waals surface area contributed by atoms with Gasteiger partial charge in [0.15, 0.2) is 5.75 Å². The first-order chi connectivity index (χ1) is 14.4. The number of hydrogen-bond donors (Lipinski definition) is 2. The second-order valence-corrected chi connectivity index (χ2v) is 6.60. The van der Waals surface area contributed by atoms with Crippen LogP contribution in [-0.4, -0.2) is 30.8 Å². The number of unbranched alkanes of at least 4 members (excludes halogenated alkanes) is 2. The molecule has 0 fully saturated rings. The molecule has 0 aliphatic rings. The van der Waals surface area contributed by atoms with Crippen LogP contribution in [0.15, 0.2) is 41.5 Å². The molecule has 1 amide bonds. The summed E-state index contributed by atoms with van der Waals surface area (Å²) < 4.78 is 10.9. The van der Waals surface area contributed by atoms with Crippen LogP contribution in [0.5, 0.6) is 11.5 Å². The van der Waals surface area contributed by atoms with Gasteiger partial charge in [0.2, 0.25) is 11.7 Å². The summed E-state index contributed by atoms with van der Waals surface area (Å²) >= 11 is 0. The number of hydrogen-bond acceptors (Lipinski definition) is 7. The Kier molecular flexibility index (Phi) is 8.61. The van der Waals surface area contributed by atoms with E-state index in [1.165, 1.54) is 19.4 Å². The molecule has 0 unspecified atom stereocenters. The number of methoxy groups -OCH3 is 1. The highest BCUT2D eigenvalue weighted by Crippen LogP contribution is 2.38. The van der Waals surface area contributed by atoms with Gasteiger partial charge in [-0.3, -0.25) is 14.9 Å². The van der Waals surface area contributed by atoms with Crippen LogP contribution in [0.2, 0.25) is 0 Å². The third-order valence-electron chi connectivity index (χ3n) is 4.22. The van der Waals surface area contributed by atoms with E-state index in [0.717, 1.165) is 24.8 Å². The van der Waals surface area contributed by atoms with E-state index in [2.05, 4.69) is 17.5 Å². The Hall–Kier alpha value is -3.62. The third kappa shape index (κ3) is 6.77. The molecule has 30 heavy (non-hydrogen) atoms. The quantitative estimate of drug-likeness (QED) is 0.190. The SMILES string of the molecule is CCCCCOc1c(OC)cc(/C=N\NC(=O)Cc2ccc(N)cc2)cc1[N+](=O)[O-]. The van der Waals surface area contributed by atoms with Crippen LogP contribution in [-0.2, 0) is 11.2 Å². The topological polar surface area (TPSA) is 129 Å². The van der Waals surface area contributed by atoms with Crippen molar-refractivity contribution >= 4 is 23.5 Å². The highest BCUT2D eigenvalue weighted by atomic mass is 16.6. The third-order valence-corrected chi connectivity index (χ3v) is 4.22. The van der Waals surface area contributed by atoms with E-state index in [-0.39, 0.29) is 29.5 Å². The summed E-state index contributed by atoms with van der Waals surface area (Å²) in [7, 11) is 1.41. The number of hydrazone groups is 1. The Morgan fingerprint density at radius 3 is 2.63 bits per heavy atom. The number of nitrogens with one attached hydrogen (secondary N) is 1. The van der Waals surface area contributed by atoms with Gasteiger partial charge in [-0.2, -0.15) is 5.10 Å². The van der Waals surface area contributed by atoms with Crippen molar-refractivity contribution in [3.8, 4) is 11.5 Å². The van der Waals surface area contributed by atoms with Crippen LogP contribution in [0.4, 0.5) is 11.4 Å². The first-order valence-corrected chi connectivity index (χ1v) is 9.60. The van der Waals surface area contributed by atoms with Crippen LogP contribution in [0.25, 0.3) is 0 Å². The van der Waals surface area contributed by atoms with E-state index < -0.39 is 4.92 Å². The predicted octanol–water partition coefficient (Wildman–Crippen LogP) is 3.45. The minimum atomic E-state index is -0.533. The lowest BCUT2D eigenvalue weighted by Gasteiger charge is -2.11. The summed E-state index contributed by atoms with van der Waals surface area (Å²) in [6.07, 6.45) is 4.22. The minimum absolute atomic E-state index is 0.0862. The summed E-state index contributed by atoms with van der Waals surface area (Å²) in [5, 5.41) is 15.4. The lowest BCUT2D eigenvalue weighted by Crippen LogP contribution is -2.19. The Labute approximate surface area is 175 Å². The van der Waals surface area contributed by atoms with E-state index in [1.807, 2.05) is 0 Å². The molecule has 0 aliphatic carbocycles. The molecule has 0 atom stereocenters. The summed E-state index contributed by atoms with van der Waals surface area (Å²) in [6, 6.07) is 9.83. The number of ether oxygens (including phenoxy) is 2. The van der Waals surface area contributed by atoms with E-state index in [9.17, 15) is 14.9 Å². The zero-order chi connectivity index (χ0) is 21.9. The monoisotopic (exact) mass is 414 g/mol. The summed E-state index contributed by atoms with van der Waals surface area (Å²) in [5.74, 6) is -0.00754. The number of anilines is 1. The highest BCUT2D eigenvalue weighted by molar-refractivity contribution is 5.85. The maximum absolute atomic E-state index is 12.0. The predicted molar refractivity (Wildman–Crippen MR) is 115 cm³/mol. The molecule has 0 saturated heterocycles. The van der Waals surface area contributed by atoms with Crippen molar-refractivity contribution in [2.24, 2.45) is 5.10 Å². The van der Waals surface area contributed by atoms with E-state index >= 15 is 0 Å². The average molecular weight is 414 g/mol. The van der Waals surface area contributed by atoms with E-state index in [0.29, 0.717) is 17.9 Å². The smallest absolute Gasteiger partial charge is 0.315 e. The first-order valence-electron chi connectivity index (χ1n) is 9.60. The number of nitro groups is 1. The number of carbonyl (C=O) groups is 1. The second kappa shape index (κ2) is 11.4. The van der Waals surface area contributed by atoms with Crippen LogP contribution < -0.4 is 20.6 Å². The van der Waals surface area contributed by atoms with Crippen molar-refractivity contribution in [2.45, 2.75) is 32.6 Å². The molecular formula is C21H26N4O5. The van der Waals surface area contributed by atoms with Gasteiger partial charge in [-0.25, -0.2) is 5.43 Å².